The van der Waals surface area contributed by atoms with Crippen molar-refractivity contribution in [2.75, 3.05) is 0 Å². The maximum absolute atomic E-state index is 2.35. The summed E-state index contributed by atoms with van der Waals surface area (Å²) in [5.74, 6) is 0. The zero-order chi connectivity index (χ0) is 7.82. The van der Waals surface area contributed by atoms with E-state index in [4.69, 9.17) is 0 Å². The van der Waals surface area contributed by atoms with Gasteiger partial charge in [0.25, 0.3) is 0 Å². The van der Waals surface area contributed by atoms with Gasteiger partial charge in [-0.3, -0.25) is 0 Å². The number of unbranched alkanes of at least 4 members (excludes halogenated alkanes) is 1. The molecule has 1 atom stereocenters. The van der Waals surface area contributed by atoms with E-state index in [1.165, 1.54) is 30.2 Å². The molecule has 0 aliphatic heterocycles. The predicted molar refractivity (Wildman–Crippen MR) is 49.8 cm³/mol. The molecule has 0 fully saturated rings. The quantitative estimate of drug-likeness (QED) is 0.637. The maximum atomic E-state index is 2.35. The van der Waals surface area contributed by atoms with Crippen LogP contribution in [0, 0.1) is 0 Å². The Kier molecular flexibility index (Phi) is 8.51. The standard InChI is InChI=1S/C9H20Te/c1-4-7-8-9(5-2)10-6-3/h9H,4-8H2,1-3H3. The van der Waals surface area contributed by atoms with Crippen LogP contribution in [0.5, 0.6) is 0 Å². The second-order valence-corrected chi connectivity index (χ2v) is 7.13. The van der Waals surface area contributed by atoms with Gasteiger partial charge in [-0.05, 0) is 0 Å². The van der Waals surface area contributed by atoms with Crippen LogP contribution in [0.4, 0.5) is 0 Å². The Labute approximate surface area is 75.9 Å². The van der Waals surface area contributed by atoms with Crippen molar-refractivity contribution in [3.8, 4) is 0 Å². The first-order chi connectivity index (χ1) is 4.85. The predicted octanol–water partition coefficient (Wildman–Crippen LogP) is 3.52. The molecule has 10 heavy (non-hydrogen) atoms. The number of hydrogen-bond donors (Lipinski definition) is 0. The molecular formula is C9H20Te. The molecule has 0 rings (SSSR count). The third-order valence-corrected chi connectivity index (χ3v) is 5.66. The normalized spacial score (nSPS) is 13.5. The van der Waals surface area contributed by atoms with E-state index in [-0.39, 0.29) is 0 Å². The van der Waals surface area contributed by atoms with E-state index < -0.39 is 0 Å². The van der Waals surface area contributed by atoms with Crippen molar-refractivity contribution >= 4 is 20.9 Å². The van der Waals surface area contributed by atoms with Crippen LogP contribution in [0.15, 0.2) is 0 Å². The molecule has 0 aromatic heterocycles. The fraction of sp³-hybridized carbons (Fsp3) is 1.00. The summed E-state index contributed by atoms with van der Waals surface area (Å²) in [5.41, 5.74) is 0. The molecule has 0 aliphatic rings. The molecule has 0 bridgehead atoms. The van der Waals surface area contributed by atoms with E-state index >= 15 is 0 Å². The van der Waals surface area contributed by atoms with Gasteiger partial charge in [0.05, 0.1) is 0 Å². The van der Waals surface area contributed by atoms with E-state index in [1.54, 1.807) is 0 Å². The van der Waals surface area contributed by atoms with E-state index in [2.05, 4.69) is 20.8 Å². The summed E-state index contributed by atoms with van der Waals surface area (Å²) >= 11 is 0.387. The van der Waals surface area contributed by atoms with Gasteiger partial charge in [0, 0.05) is 0 Å². The molecule has 0 N–H and O–H groups in total. The summed E-state index contributed by atoms with van der Waals surface area (Å²) in [7, 11) is 0. The van der Waals surface area contributed by atoms with Gasteiger partial charge in [0.15, 0.2) is 0 Å². The fourth-order valence-electron chi connectivity index (χ4n) is 1.07. The first-order valence-corrected chi connectivity index (χ1v) is 7.46. The minimum absolute atomic E-state index is 0.387. The molecule has 0 saturated carbocycles. The van der Waals surface area contributed by atoms with Crippen LogP contribution < -0.4 is 0 Å². The van der Waals surface area contributed by atoms with Gasteiger partial charge in [-0.2, -0.15) is 0 Å². The zero-order valence-electron chi connectivity index (χ0n) is 7.52. The van der Waals surface area contributed by atoms with Gasteiger partial charge in [0.2, 0.25) is 0 Å². The van der Waals surface area contributed by atoms with Crippen molar-refractivity contribution in [2.45, 2.75) is 54.9 Å². The second kappa shape index (κ2) is 7.89. The van der Waals surface area contributed by atoms with E-state index in [0.29, 0.717) is 20.9 Å². The zero-order valence-corrected chi connectivity index (χ0v) is 9.85. The van der Waals surface area contributed by atoms with E-state index in [9.17, 15) is 0 Å². The monoisotopic (exact) mass is 258 g/mol. The summed E-state index contributed by atoms with van der Waals surface area (Å²) in [6.45, 7) is 6.98. The van der Waals surface area contributed by atoms with Crippen molar-refractivity contribution in [3.63, 3.8) is 0 Å². The summed E-state index contributed by atoms with van der Waals surface area (Å²) < 4.78 is 2.64. The van der Waals surface area contributed by atoms with Crippen molar-refractivity contribution in [1.29, 1.82) is 0 Å². The average molecular weight is 256 g/mol. The third kappa shape index (κ3) is 5.57. The van der Waals surface area contributed by atoms with Gasteiger partial charge in [0.1, 0.15) is 0 Å². The Balaban J connectivity index is 3.21. The molecule has 0 heterocycles. The van der Waals surface area contributed by atoms with Crippen molar-refractivity contribution in [3.05, 3.63) is 0 Å². The fourth-order valence-corrected chi connectivity index (χ4v) is 4.04. The molecule has 1 unspecified atom stereocenters. The van der Waals surface area contributed by atoms with Crippen LogP contribution >= 0.6 is 0 Å². The topological polar surface area (TPSA) is 0 Å². The third-order valence-electron chi connectivity index (χ3n) is 1.74. The van der Waals surface area contributed by atoms with Crippen LogP contribution in [0.25, 0.3) is 0 Å². The van der Waals surface area contributed by atoms with Crippen molar-refractivity contribution in [2.24, 2.45) is 0 Å². The Morgan fingerprint density at radius 2 is 1.90 bits per heavy atom. The number of hydrogen-bond acceptors (Lipinski definition) is 0. The first kappa shape index (κ1) is 10.8. The van der Waals surface area contributed by atoms with Gasteiger partial charge in [-0.25, -0.2) is 0 Å². The van der Waals surface area contributed by atoms with Crippen LogP contribution in [-0.2, 0) is 0 Å². The molecule has 62 valence electrons. The molecule has 0 aliphatic carbocycles. The van der Waals surface area contributed by atoms with Gasteiger partial charge in [-0.1, -0.05) is 0 Å². The van der Waals surface area contributed by atoms with Crippen LogP contribution in [0.1, 0.15) is 46.5 Å². The van der Waals surface area contributed by atoms with Gasteiger partial charge in [-0.15, -0.1) is 0 Å². The molecule has 0 saturated heterocycles. The minimum atomic E-state index is 0.387. The SMILES string of the molecule is CCCCC(CC)[Te]CC. The molecule has 0 aromatic carbocycles. The molecule has 1 heteroatoms. The first-order valence-electron chi connectivity index (χ1n) is 4.46. The molecule has 0 aromatic rings. The van der Waals surface area contributed by atoms with Crippen molar-refractivity contribution in [1.82, 2.24) is 0 Å². The van der Waals surface area contributed by atoms with Crippen LogP contribution in [-0.4, -0.2) is 20.9 Å². The molecule has 0 spiro atoms. The van der Waals surface area contributed by atoms with Crippen molar-refractivity contribution < 1.29 is 0 Å². The number of rotatable bonds is 6. The van der Waals surface area contributed by atoms with Crippen LogP contribution in [0.3, 0.4) is 0 Å². The van der Waals surface area contributed by atoms with E-state index in [1.807, 2.05) is 0 Å². The molecule has 0 amide bonds. The van der Waals surface area contributed by atoms with Gasteiger partial charge < -0.3 is 0 Å². The Hall–Kier alpha value is 0.790. The Bertz CT molecular complexity index is 61.7. The molecule has 0 radical (unpaired) electrons. The average Bonchev–Trinajstić information content (AvgIpc) is 1.98. The second-order valence-electron chi connectivity index (χ2n) is 2.63. The molecular weight excluding hydrogens is 236 g/mol. The van der Waals surface area contributed by atoms with Gasteiger partial charge >= 0.3 is 75.8 Å². The Morgan fingerprint density at radius 1 is 1.20 bits per heavy atom. The summed E-state index contributed by atoms with van der Waals surface area (Å²) in [4.78, 5) is 0. The summed E-state index contributed by atoms with van der Waals surface area (Å²) in [6.07, 6.45) is 5.80. The summed E-state index contributed by atoms with van der Waals surface area (Å²) in [6, 6.07) is 0. The summed E-state index contributed by atoms with van der Waals surface area (Å²) in [5, 5.41) is 0. The Morgan fingerprint density at radius 3 is 2.30 bits per heavy atom. The van der Waals surface area contributed by atoms with E-state index in [0.717, 1.165) is 3.97 Å². The molecule has 0 nitrogen and oxygen atoms in total. The van der Waals surface area contributed by atoms with Crippen LogP contribution in [0.2, 0.25) is 8.43 Å².